The van der Waals surface area contributed by atoms with Crippen molar-refractivity contribution in [2.24, 2.45) is 0 Å². The van der Waals surface area contributed by atoms with Crippen molar-refractivity contribution in [1.29, 1.82) is 0 Å². The highest BCUT2D eigenvalue weighted by Gasteiger charge is 2.34. The van der Waals surface area contributed by atoms with Crippen LogP contribution in [0.2, 0.25) is 0 Å². The second-order valence-corrected chi connectivity index (χ2v) is 7.84. The summed E-state index contributed by atoms with van der Waals surface area (Å²) in [7, 11) is 0. The maximum Gasteiger partial charge on any atom is 0.261 e. The van der Waals surface area contributed by atoms with Crippen LogP contribution in [0.3, 0.4) is 0 Å². The number of imidazole rings is 1. The van der Waals surface area contributed by atoms with Gasteiger partial charge in [-0.3, -0.25) is 19.1 Å². The molecule has 2 aromatic carbocycles. The lowest BCUT2D eigenvalue weighted by Gasteiger charge is -2.13. The molecular weight excluding hydrogens is 370 g/mol. The average Bonchev–Trinajstić information content (AvgIpc) is 3.26. The third-order valence-electron chi connectivity index (χ3n) is 4.77. The van der Waals surface area contributed by atoms with Gasteiger partial charge in [-0.05, 0) is 49.6 Å². The van der Waals surface area contributed by atoms with Gasteiger partial charge in [0.2, 0.25) is 0 Å². The van der Waals surface area contributed by atoms with Crippen LogP contribution in [0, 0.1) is 6.92 Å². The van der Waals surface area contributed by atoms with Gasteiger partial charge in [-0.25, -0.2) is 4.98 Å². The number of imide groups is 1. The van der Waals surface area contributed by atoms with Crippen LogP contribution in [0.15, 0.2) is 66.1 Å². The molecule has 0 N–H and O–H groups in total. The number of aryl methyl sites for hydroxylation is 1. The SMILES string of the molecule is Cc1cccc(-n2ccnc2SCCCCN2C(=O)c3ccccc3C2=O)c1. The zero-order valence-corrected chi connectivity index (χ0v) is 16.5. The van der Waals surface area contributed by atoms with Crippen LogP contribution in [-0.4, -0.2) is 38.6 Å². The number of aromatic nitrogens is 2. The normalized spacial score (nSPS) is 13.2. The van der Waals surface area contributed by atoms with Crippen LogP contribution in [0.5, 0.6) is 0 Å². The molecule has 142 valence electrons. The number of carbonyl (C=O) groups is 2. The Labute approximate surface area is 168 Å². The maximum atomic E-state index is 12.4. The molecule has 0 fully saturated rings. The Kier molecular flexibility index (Phi) is 5.30. The molecule has 1 aliphatic heterocycles. The Morgan fingerprint density at radius 2 is 1.71 bits per heavy atom. The molecule has 3 aromatic rings. The molecule has 0 unspecified atom stereocenters. The van der Waals surface area contributed by atoms with E-state index < -0.39 is 0 Å². The highest BCUT2D eigenvalue weighted by atomic mass is 32.2. The largest absolute Gasteiger partial charge is 0.295 e. The number of fused-ring (bicyclic) bond motifs is 1. The van der Waals surface area contributed by atoms with Crippen LogP contribution < -0.4 is 0 Å². The van der Waals surface area contributed by atoms with E-state index in [4.69, 9.17) is 0 Å². The zero-order chi connectivity index (χ0) is 19.5. The lowest BCUT2D eigenvalue weighted by molar-refractivity contribution is 0.0652. The topological polar surface area (TPSA) is 55.2 Å². The van der Waals surface area contributed by atoms with Gasteiger partial charge in [0, 0.05) is 30.4 Å². The molecule has 0 atom stereocenters. The van der Waals surface area contributed by atoms with E-state index in [0.29, 0.717) is 17.7 Å². The van der Waals surface area contributed by atoms with Crippen molar-refractivity contribution in [3.8, 4) is 5.69 Å². The van der Waals surface area contributed by atoms with Gasteiger partial charge in [0.05, 0.1) is 11.1 Å². The van der Waals surface area contributed by atoms with Crippen LogP contribution in [0.4, 0.5) is 0 Å². The summed E-state index contributed by atoms with van der Waals surface area (Å²) in [6.45, 7) is 2.53. The van der Waals surface area contributed by atoms with E-state index in [1.54, 1.807) is 36.0 Å². The van der Waals surface area contributed by atoms with Gasteiger partial charge >= 0.3 is 0 Å². The van der Waals surface area contributed by atoms with Gasteiger partial charge < -0.3 is 0 Å². The second kappa shape index (κ2) is 8.02. The molecule has 0 radical (unpaired) electrons. The number of unbranched alkanes of at least 4 members (excludes halogenated alkanes) is 1. The van der Waals surface area contributed by atoms with Crippen molar-refractivity contribution in [2.45, 2.75) is 24.9 Å². The monoisotopic (exact) mass is 391 g/mol. The van der Waals surface area contributed by atoms with E-state index in [9.17, 15) is 9.59 Å². The molecule has 2 amide bonds. The van der Waals surface area contributed by atoms with Gasteiger partial charge in [0.15, 0.2) is 5.16 Å². The highest BCUT2D eigenvalue weighted by molar-refractivity contribution is 7.99. The van der Waals surface area contributed by atoms with Crippen molar-refractivity contribution >= 4 is 23.6 Å². The van der Waals surface area contributed by atoms with Gasteiger partial charge in [-0.2, -0.15) is 0 Å². The van der Waals surface area contributed by atoms with E-state index in [-0.39, 0.29) is 11.8 Å². The molecule has 28 heavy (non-hydrogen) atoms. The van der Waals surface area contributed by atoms with E-state index in [1.807, 2.05) is 18.5 Å². The Hall–Kier alpha value is -2.86. The molecule has 1 aromatic heterocycles. The molecule has 4 rings (SSSR count). The second-order valence-electron chi connectivity index (χ2n) is 6.78. The summed E-state index contributed by atoms with van der Waals surface area (Å²) >= 11 is 1.69. The number of rotatable bonds is 7. The summed E-state index contributed by atoms with van der Waals surface area (Å²) in [4.78, 5) is 30.6. The molecule has 2 heterocycles. The molecular formula is C22H21N3O2S. The van der Waals surface area contributed by atoms with E-state index in [1.165, 1.54) is 10.5 Å². The number of amides is 2. The first-order valence-corrected chi connectivity index (χ1v) is 10.3. The number of hydrogen-bond acceptors (Lipinski definition) is 4. The van der Waals surface area contributed by atoms with Gasteiger partial charge in [-0.15, -0.1) is 0 Å². The summed E-state index contributed by atoms with van der Waals surface area (Å²) in [6, 6.07) is 15.3. The number of benzene rings is 2. The molecule has 5 nitrogen and oxygen atoms in total. The average molecular weight is 391 g/mol. The quantitative estimate of drug-likeness (QED) is 0.341. The standard InChI is InChI=1S/C22H21N3O2S/c1-16-7-6-8-17(15-16)24-13-11-23-22(24)28-14-5-4-12-25-20(26)18-9-2-3-10-19(18)21(25)27/h2-3,6-11,13,15H,4-5,12,14H2,1H3. The van der Waals surface area contributed by atoms with Crippen molar-refractivity contribution in [3.63, 3.8) is 0 Å². The minimum absolute atomic E-state index is 0.178. The van der Waals surface area contributed by atoms with Gasteiger partial charge in [0.1, 0.15) is 0 Å². The Balaban J connectivity index is 1.29. The minimum Gasteiger partial charge on any atom is -0.295 e. The first-order valence-electron chi connectivity index (χ1n) is 9.33. The lowest BCUT2D eigenvalue weighted by atomic mass is 10.1. The summed E-state index contributed by atoms with van der Waals surface area (Å²) in [5.41, 5.74) is 3.35. The number of carbonyl (C=O) groups excluding carboxylic acids is 2. The molecule has 0 aliphatic carbocycles. The fraction of sp³-hybridized carbons (Fsp3) is 0.227. The summed E-state index contributed by atoms with van der Waals surface area (Å²) < 4.78 is 2.09. The first kappa shape index (κ1) is 18.5. The zero-order valence-electron chi connectivity index (χ0n) is 15.7. The maximum absolute atomic E-state index is 12.4. The number of thioether (sulfide) groups is 1. The van der Waals surface area contributed by atoms with Crippen molar-refractivity contribution < 1.29 is 9.59 Å². The fourth-order valence-corrected chi connectivity index (χ4v) is 4.32. The van der Waals surface area contributed by atoms with Crippen LogP contribution in [0.25, 0.3) is 5.69 Å². The first-order chi connectivity index (χ1) is 13.6. The fourth-order valence-electron chi connectivity index (χ4n) is 3.35. The Morgan fingerprint density at radius 1 is 0.964 bits per heavy atom. The summed E-state index contributed by atoms with van der Waals surface area (Å²) in [5.74, 6) is 0.526. The lowest BCUT2D eigenvalue weighted by Crippen LogP contribution is -2.30. The third-order valence-corrected chi connectivity index (χ3v) is 5.83. The van der Waals surface area contributed by atoms with Gasteiger partial charge in [0.25, 0.3) is 11.8 Å². The Bertz CT molecular complexity index is 993. The molecule has 0 saturated carbocycles. The van der Waals surface area contributed by atoms with Crippen LogP contribution >= 0.6 is 11.8 Å². The molecule has 1 aliphatic rings. The predicted octanol–water partition coefficient (Wildman–Crippen LogP) is 4.35. The van der Waals surface area contributed by atoms with Crippen LogP contribution in [0.1, 0.15) is 39.1 Å². The minimum atomic E-state index is -0.178. The smallest absolute Gasteiger partial charge is 0.261 e. The molecule has 0 saturated heterocycles. The van der Waals surface area contributed by atoms with Crippen LogP contribution in [-0.2, 0) is 0 Å². The van der Waals surface area contributed by atoms with Crippen molar-refractivity contribution in [3.05, 3.63) is 77.6 Å². The number of nitrogens with zero attached hydrogens (tertiary/aromatic N) is 3. The van der Waals surface area contributed by atoms with E-state index in [0.717, 1.165) is 29.4 Å². The van der Waals surface area contributed by atoms with Gasteiger partial charge in [-0.1, -0.05) is 36.0 Å². The summed E-state index contributed by atoms with van der Waals surface area (Å²) in [6.07, 6.45) is 5.46. The molecule has 6 heteroatoms. The van der Waals surface area contributed by atoms with E-state index >= 15 is 0 Å². The molecule has 0 spiro atoms. The Morgan fingerprint density at radius 3 is 2.43 bits per heavy atom. The third kappa shape index (κ3) is 3.60. The van der Waals surface area contributed by atoms with E-state index in [2.05, 4.69) is 34.7 Å². The predicted molar refractivity (Wildman–Crippen MR) is 110 cm³/mol. The molecule has 0 bridgehead atoms. The van der Waals surface area contributed by atoms with Crippen molar-refractivity contribution in [2.75, 3.05) is 12.3 Å². The highest BCUT2D eigenvalue weighted by Crippen LogP contribution is 2.24. The summed E-state index contributed by atoms with van der Waals surface area (Å²) in [5, 5.41) is 0.950. The number of hydrogen-bond donors (Lipinski definition) is 0. The van der Waals surface area contributed by atoms with Crippen molar-refractivity contribution in [1.82, 2.24) is 14.5 Å².